The van der Waals surface area contributed by atoms with Crippen molar-refractivity contribution in [2.75, 3.05) is 5.32 Å². The van der Waals surface area contributed by atoms with E-state index in [4.69, 9.17) is 6.57 Å². The molecule has 0 saturated heterocycles. The molecular weight excluding hydrogens is 236 g/mol. The molecule has 1 aromatic rings. The number of amides is 1. The zero-order valence-electron chi connectivity index (χ0n) is 11.1. The SMILES string of the molecule is [C-]#[N+]C(CC=C)(CC=C)C(=O)Nc1ccc(C)cc1. The number of nitrogens with one attached hydrogen (secondary N) is 1. The summed E-state index contributed by atoms with van der Waals surface area (Å²) in [5, 5.41) is 2.78. The van der Waals surface area contributed by atoms with Gasteiger partial charge in [-0.15, -0.1) is 13.2 Å². The van der Waals surface area contributed by atoms with Crippen LogP contribution in [0.15, 0.2) is 49.6 Å². The highest BCUT2D eigenvalue weighted by molar-refractivity contribution is 5.99. The molecule has 0 radical (unpaired) electrons. The second-order valence-corrected chi connectivity index (χ2v) is 4.45. The van der Waals surface area contributed by atoms with Crippen molar-refractivity contribution in [1.29, 1.82) is 0 Å². The molecule has 0 bridgehead atoms. The number of hydrogen-bond acceptors (Lipinski definition) is 1. The molecule has 0 atom stereocenters. The Morgan fingerprint density at radius 1 is 1.32 bits per heavy atom. The Morgan fingerprint density at radius 3 is 2.26 bits per heavy atom. The zero-order chi connectivity index (χ0) is 14.3. The van der Waals surface area contributed by atoms with E-state index in [-0.39, 0.29) is 5.91 Å². The Balaban J connectivity index is 2.94. The minimum absolute atomic E-state index is 0.306. The second kappa shape index (κ2) is 6.55. The molecule has 3 nitrogen and oxygen atoms in total. The van der Waals surface area contributed by atoms with E-state index < -0.39 is 5.54 Å². The fourth-order valence-corrected chi connectivity index (χ4v) is 1.77. The number of carbonyl (C=O) groups is 1. The molecular formula is C16H18N2O. The molecule has 98 valence electrons. The Morgan fingerprint density at radius 2 is 1.84 bits per heavy atom. The van der Waals surface area contributed by atoms with Gasteiger partial charge in [0.15, 0.2) is 0 Å². The van der Waals surface area contributed by atoms with Crippen molar-refractivity contribution in [2.45, 2.75) is 25.3 Å². The summed E-state index contributed by atoms with van der Waals surface area (Å²) in [5.74, 6) is -0.314. The summed E-state index contributed by atoms with van der Waals surface area (Å²) < 4.78 is 0. The Hall–Kier alpha value is -2.34. The molecule has 0 fully saturated rings. The normalized spacial score (nSPS) is 10.3. The number of hydrogen-bond donors (Lipinski definition) is 1. The van der Waals surface area contributed by atoms with Gasteiger partial charge in [0.05, 0.1) is 12.8 Å². The first kappa shape index (κ1) is 14.7. The molecule has 19 heavy (non-hydrogen) atoms. The van der Waals surface area contributed by atoms with Crippen LogP contribution < -0.4 is 5.32 Å². The van der Waals surface area contributed by atoms with E-state index in [0.717, 1.165) is 5.56 Å². The van der Waals surface area contributed by atoms with Crippen LogP contribution >= 0.6 is 0 Å². The highest BCUT2D eigenvalue weighted by Crippen LogP contribution is 2.24. The number of nitrogens with zero attached hydrogens (tertiary/aromatic N) is 1. The lowest BCUT2D eigenvalue weighted by atomic mass is 9.91. The van der Waals surface area contributed by atoms with E-state index in [9.17, 15) is 4.79 Å². The first-order valence-electron chi connectivity index (χ1n) is 6.06. The fraction of sp³-hybridized carbons (Fsp3) is 0.250. The van der Waals surface area contributed by atoms with Gasteiger partial charge in [0.2, 0.25) is 0 Å². The van der Waals surface area contributed by atoms with E-state index in [2.05, 4.69) is 23.3 Å². The summed E-state index contributed by atoms with van der Waals surface area (Å²) in [5.41, 5.74) is 0.664. The largest absolute Gasteiger partial charge is 0.319 e. The van der Waals surface area contributed by atoms with Crippen molar-refractivity contribution in [3.63, 3.8) is 0 Å². The molecule has 0 aromatic heterocycles. The predicted octanol–water partition coefficient (Wildman–Crippen LogP) is 3.74. The third-order valence-corrected chi connectivity index (χ3v) is 2.91. The molecule has 1 N–H and O–H groups in total. The van der Waals surface area contributed by atoms with Gasteiger partial charge in [0.25, 0.3) is 0 Å². The molecule has 0 spiro atoms. The minimum Gasteiger partial charge on any atom is -0.319 e. The molecule has 1 rings (SSSR count). The van der Waals surface area contributed by atoms with E-state index in [1.165, 1.54) is 0 Å². The highest BCUT2D eigenvalue weighted by Gasteiger charge is 2.43. The van der Waals surface area contributed by atoms with Crippen LogP contribution in [-0.2, 0) is 4.79 Å². The lowest BCUT2D eigenvalue weighted by Gasteiger charge is -2.18. The molecule has 0 saturated carbocycles. The van der Waals surface area contributed by atoms with Gasteiger partial charge in [-0.3, -0.25) is 9.64 Å². The molecule has 1 amide bonds. The van der Waals surface area contributed by atoms with Crippen LogP contribution in [0.5, 0.6) is 0 Å². The van der Waals surface area contributed by atoms with E-state index in [1.54, 1.807) is 12.2 Å². The summed E-state index contributed by atoms with van der Waals surface area (Å²) in [6.45, 7) is 16.5. The Labute approximate surface area is 114 Å². The van der Waals surface area contributed by atoms with E-state index in [0.29, 0.717) is 18.5 Å². The van der Waals surface area contributed by atoms with Crippen LogP contribution in [0.2, 0.25) is 0 Å². The second-order valence-electron chi connectivity index (χ2n) is 4.45. The topological polar surface area (TPSA) is 33.5 Å². The average Bonchev–Trinajstić information content (AvgIpc) is 2.41. The summed E-state index contributed by atoms with van der Waals surface area (Å²) in [7, 11) is 0. The maximum atomic E-state index is 12.3. The minimum atomic E-state index is -1.14. The average molecular weight is 254 g/mol. The van der Waals surface area contributed by atoms with Gasteiger partial charge in [-0.1, -0.05) is 29.8 Å². The third kappa shape index (κ3) is 3.56. The lowest BCUT2D eigenvalue weighted by Crippen LogP contribution is -2.39. The number of benzene rings is 1. The molecule has 1 aromatic carbocycles. The highest BCUT2D eigenvalue weighted by atomic mass is 16.2. The maximum Gasteiger partial charge on any atom is 0.315 e. The van der Waals surface area contributed by atoms with Gasteiger partial charge >= 0.3 is 11.4 Å². The quantitative estimate of drug-likeness (QED) is 0.609. The van der Waals surface area contributed by atoms with Gasteiger partial charge in [-0.2, -0.15) is 0 Å². The third-order valence-electron chi connectivity index (χ3n) is 2.91. The van der Waals surface area contributed by atoms with Gasteiger partial charge < -0.3 is 5.32 Å². The van der Waals surface area contributed by atoms with Crippen molar-refractivity contribution in [3.05, 3.63) is 66.6 Å². The number of anilines is 1. The number of carbonyl (C=O) groups excluding carboxylic acids is 1. The molecule has 0 aliphatic heterocycles. The summed E-state index contributed by atoms with van der Waals surface area (Å²) in [6, 6.07) is 7.47. The summed E-state index contributed by atoms with van der Waals surface area (Å²) in [6.07, 6.45) is 3.80. The van der Waals surface area contributed by atoms with Crippen LogP contribution in [0.3, 0.4) is 0 Å². The lowest BCUT2D eigenvalue weighted by molar-refractivity contribution is -0.119. The molecule has 0 aliphatic carbocycles. The molecule has 3 heteroatoms. The van der Waals surface area contributed by atoms with E-state index in [1.807, 2.05) is 31.2 Å². The zero-order valence-corrected chi connectivity index (χ0v) is 11.1. The smallest absolute Gasteiger partial charge is 0.315 e. The summed E-state index contributed by atoms with van der Waals surface area (Å²) in [4.78, 5) is 15.8. The van der Waals surface area contributed by atoms with Crippen molar-refractivity contribution in [2.24, 2.45) is 0 Å². The fourth-order valence-electron chi connectivity index (χ4n) is 1.77. The van der Waals surface area contributed by atoms with Crippen LogP contribution in [0, 0.1) is 13.5 Å². The first-order valence-corrected chi connectivity index (χ1v) is 6.06. The monoisotopic (exact) mass is 254 g/mol. The van der Waals surface area contributed by atoms with Gasteiger partial charge in [-0.05, 0) is 19.1 Å². The van der Waals surface area contributed by atoms with Crippen molar-refractivity contribution in [1.82, 2.24) is 0 Å². The standard InChI is InChI=1S/C16H18N2O/c1-5-11-16(17-4,12-6-2)15(19)18-14-9-7-13(3)8-10-14/h5-10H,1-2,11-12H2,3H3,(H,18,19). The van der Waals surface area contributed by atoms with Gasteiger partial charge in [0, 0.05) is 5.69 Å². The van der Waals surface area contributed by atoms with Gasteiger partial charge in [0.1, 0.15) is 0 Å². The molecule has 0 heterocycles. The van der Waals surface area contributed by atoms with Crippen molar-refractivity contribution >= 4 is 11.6 Å². The van der Waals surface area contributed by atoms with Crippen LogP contribution in [0.25, 0.3) is 4.85 Å². The summed E-state index contributed by atoms with van der Waals surface area (Å²) >= 11 is 0. The maximum absolute atomic E-state index is 12.3. The van der Waals surface area contributed by atoms with Crippen LogP contribution in [0.1, 0.15) is 18.4 Å². The molecule has 0 aliphatic rings. The van der Waals surface area contributed by atoms with Crippen molar-refractivity contribution in [3.8, 4) is 0 Å². The number of rotatable bonds is 6. The van der Waals surface area contributed by atoms with Crippen LogP contribution in [0.4, 0.5) is 5.69 Å². The van der Waals surface area contributed by atoms with Crippen LogP contribution in [-0.4, -0.2) is 11.4 Å². The van der Waals surface area contributed by atoms with Crippen molar-refractivity contribution < 1.29 is 4.79 Å². The predicted molar refractivity (Wildman–Crippen MR) is 78.8 cm³/mol. The van der Waals surface area contributed by atoms with E-state index >= 15 is 0 Å². The number of aryl methyl sites for hydroxylation is 1. The Bertz CT molecular complexity index is 499. The van der Waals surface area contributed by atoms with Gasteiger partial charge in [-0.25, -0.2) is 6.57 Å². The first-order chi connectivity index (χ1) is 9.07. The Kier molecular flexibility index (Phi) is 5.08. The molecule has 0 unspecified atom stereocenters.